The largest absolute Gasteiger partial charge is 0.496 e. The van der Waals surface area contributed by atoms with Gasteiger partial charge in [0.25, 0.3) is 5.91 Å². The van der Waals surface area contributed by atoms with Crippen LogP contribution >= 0.6 is 22.6 Å². The number of carbonyl (C=O) groups is 1. The number of hydrazone groups is 1. The van der Waals surface area contributed by atoms with Gasteiger partial charge in [0.15, 0.2) is 11.5 Å². The number of nitrogens with one attached hydrogen (secondary N) is 1. The highest BCUT2D eigenvalue weighted by molar-refractivity contribution is 14.1. The van der Waals surface area contributed by atoms with Gasteiger partial charge in [-0.05, 0) is 87.8 Å². The van der Waals surface area contributed by atoms with Crippen molar-refractivity contribution in [3.63, 3.8) is 0 Å². The molecule has 4 rings (SSSR count). The summed E-state index contributed by atoms with van der Waals surface area (Å²) in [4.78, 5) is 12.8. The number of methoxy groups -OCH3 is 1. The maximum absolute atomic E-state index is 13.5. The number of hydrogen-bond donors (Lipinski definition) is 1. The highest BCUT2D eigenvalue weighted by Crippen LogP contribution is 2.34. The van der Waals surface area contributed by atoms with Crippen LogP contribution in [0.25, 0.3) is 10.8 Å². The topological polar surface area (TPSA) is 69.2 Å². The summed E-state index contributed by atoms with van der Waals surface area (Å²) in [6.07, 6.45) is 1.53. The van der Waals surface area contributed by atoms with E-state index < -0.39 is 0 Å². The Balaban J connectivity index is 1.50. The summed E-state index contributed by atoms with van der Waals surface area (Å²) in [5, 5.41) is 6.03. The third-order valence-corrected chi connectivity index (χ3v) is 6.10. The molecule has 0 bridgehead atoms. The Morgan fingerprint density at radius 2 is 1.78 bits per heavy atom. The summed E-state index contributed by atoms with van der Waals surface area (Å²) >= 11 is 2.15. The molecule has 0 fully saturated rings. The molecule has 0 radical (unpaired) electrons. The minimum absolute atomic E-state index is 0.199. The first-order valence-corrected chi connectivity index (χ1v) is 12.3. The summed E-state index contributed by atoms with van der Waals surface area (Å²) in [5.41, 5.74) is 4.38. The lowest BCUT2D eigenvalue weighted by Crippen LogP contribution is -2.18. The monoisotopic (exact) mass is 598 g/mol. The Hall–Kier alpha value is -3.66. The van der Waals surface area contributed by atoms with Crippen LogP contribution in [0.2, 0.25) is 0 Å². The Morgan fingerprint density at radius 1 is 1.00 bits per heavy atom. The maximum Gasteiger partial charge on any atom is 0.275 e. The van der Waals surface area contributed by atoms with Crippen LogP contribution in [0.15, 0.2) is 77.9 Å². The SMILES string of the molecule is CCOc1cc(/C=N\NC(=O)c2cc3ccccc3cc2OC)cc(I)c1OCc1cccc(F)c1. The van der Waals surface area contributed by atoms with Gasteiger partial charge in [0.05, 0.1) is 29.1 Å². The average molecular weight is 598 g/mol. The van der Waals surface area contributed by atoms with Crippen molar-refractivity contribution in [2.24, 2.45) is 5.10 Å². The van der Waals surface area contributed by atoms with Crippen LogP contribution in [-0.4, -0.2) is 25.8 Å². The molecule has 0 aliphatic heterocycles. The molecule has 6 nitrogen and oxygen atoms in total. The van der Waals surface area contributed by atoms with Crippen molar-refractivity contribution in [1.29, 1.82) is 0 Å². The molecular weight excluding hydrogens is 574 g/mol. The van der Waals surface area contributed by atoms with Gasteiger partial charge in [0.1, 0.15) is 18.2 Å². The van der Waals surface area contributed by atoms with Gasteiger partial charge >= 0.3 is 0 Å². The molecule has 36 heavy (non-hydrogen) atoms. The number of benzene rings is 4. The van der Waals surface area contributed by atoms with E-state index in [0.717, 1.165) is 14.3 Å². The maximum atomic E-state index is 13.5. The van der Waals surface area contributed by atoms with E-state index in [1.165, 1.54) is 25.5 Å². The normalized spacial score (nSPS) is 11.0. The van der Waals surface area contributed by atoms with E-state index in [4.69, 9.17) is 14.2 Å². The van der Waals surface area contributed by atoms with E-state index >= 15 is 0 Å². The van der Waals surface area contributed by atoms with E-state index in [2.05, 4.69) is 33.1 Å². The molecular formula is C28H24FIN2O4. The minimum atomic E-state index is -0.386. The molecule has 184 valence electrons. The zero-order valence-corrected chi connectivity index (χ0v) is 21.9. The molecule has 1 amide bonds. The van der Waals surface area contributed by atoms with Crippen molar-refractivity contribution in [3.8, 4) is 17.2 Å². The Kier molecular flexibility index (Phi) is 8.37. The number of halogens is 2. The molecule has 0 aliphatic carbocycles. The summed E-state index contributed by atoms with van der Waals surface area (Å²) in [6.45, 7) is 2.51. The van der Waals surface area contributed by atoms with Gasteiger partial charge in [0.2, 0.25) is 0 Å². The minimum Gasteiger partial charge on any atom is -0.496 e. The standard InChI is InChI=1S/C28H24FIN2O4/c1-3-35-26-13-19(12-24(30)27(26)36-17-18-7-6-10-22(29)11-18)16-31-32-28(33)23-14-20-8-4-5-9-21(20)15-25(23)34-2/h4-16H,3,17H2,1-2H3,(H,32,33)/b31-16-. The van der Waals surface area contributed by atoms with Crippen molar-refractivity contribution < 1.29 is 23.4 Å². The molecule has 4 aromatic rings. The number of fused-ring (bicyclic) bond motifs is 1. The first-order valence-electron chi connectivity index (χ1n) is 11.2. The van der Waals surface area contributed by atoms with Crippen LogP contribution in [0.1, 0.15) is 28.4 Å². The lowest BCUT2D eigenvalue weighted by Gasteiger charge is -2.15. The summed E-state index contributed by atoms with van der Waals surface area (Å²) in [6, 6.07) is 21.2. The number of rotatable bonds is 9. The first-order chi connectivity index (χ1) is 17.5. The third-order valence-electron chi connectivity index (χ3n) is 5.30. The number of nitrogens with zero attached hydrogens (tertiary/aromatic N) is 1. The predicted octanol–water partition coefficient (Wildman–Crippen LogP) is 6.33. The third kappa shape index (κ3) is 6.12. The lowest BCUT2D eigenvalue weighted by atomic mass is 10.1. The summed E-state index contributed by atoms with van der Waals surface area (Å²) in [7, 11) is 1.53. The fraction of sp³-hybridized carbons (Fsp3) is 0.143. The second-order valence-corrected chi connectivity index (χ2v) is 8.94. The van der Waals surface area contributed by atoms with Crippen molar-refractivity contribution in [2.75, 3.05) is 13.7 Å². The number of hydrogen-bond acceptors (Lipinski definition) is 5. The van der Waals surface area contributed by atoms with Crippen LogP contribution in [-0.2, 0) is 6.61 Å². The fourth-order valence-corrected chi connectivity index (χ4v) is 4.42. The van der Waals surface area contributed by atoms with Crippen LogP contribution in [0.3, 0.4) is 0 Å². The molecule has 8 heteroatoms. The highest BCUT2D eigenvalue weighted by Gasteiger charge is 2.14. The quantitative estimate of drug-likeness (QED) is 0.139. The van der Waals surface area contributed by atoms with E-state index in [1.807, 2.05) is 43.3 Å². The van der Waals surface area contributed by atoms with Gasteiger partial charge in [-0.3, -0.25) is 4.79 Å². The molecule has 0 saturated heterocycles. The van der Waals surface area contributed by atoms with Crippen LogP contribution in [0, 0.1) is 9.39 Å². The zero-order valence-electron chi connectivity index (χ0n) is 19.8. The van der Waals surface area contributed by atoms with Crippen LogP contribution < -0.4 is 19.6 Å². The lowest BCUT2D eigenvalue weighted by molar-refractivity contribution is 0.0952. The predicted molar refractivity (Wildman–Crippen MR) is 147 cm³/mol. The van der Waals surface area contributed by atoms with Gasteiger partial charge in [0, 0.05) is 0 Å². The van der Waals surface area contributed by atoms with Crippen LogP contribution in [0.4, 0.5) is 4.39 Å². The molecule has 0 spiro atoms. The molecule has 0 aliphatic rings. The number of carbonyl (C=O) groups excluding carboxylic acids is 1. The Labute approximate surface area is 222 Å². The number of ether oxygens (including phenoxy) is 3. The fourth-order valence-electron chi connectivity index (χ4n) is 3.64. The van der Waals surface area contributed by atoms with Crippen LogP contribution in [0.5, 0.6) is 17.2 Å². The average Bonchev–Trinajstić information content (AvgIpc) is 2.87. The molecule has 0 atom stereocenters. The van der Waals surface area contributed by atoms with Crippen molar-refractivity contribution in [2.45, 2.75) is 13.5 Å². The smallest absolute Gasteiger partial charge is 0.275 e. The molecule has 0 heterocycles. The Morgan fingerprint density at radius 3 is 2.50 bits per heavy atom. The second-order valence-electron chi connectivity index (χ2n) is 7.78. The summed E-state index contributed by atoms with van der Waals surface area (Å²) < 4.78 is 31.4. The summed E-state index contributed by atoms with van der Waals surface area (Å²) in [5.74, 6) is 0.859. The molecule has 0 saturated carbocycles. The zero-order chi connectivity index (χ0) is 25.5. The molecule has 4 aromatic carbocycles. The highest BCUT2D eigenvalue weighted by atomic mass is 127. The van der Waals surface area contributed by atoms with E-state index in [9.17, 15) is 9.18 Å². The second kappa shape index (κ2) is 11.9. The molecule has 0 aromatic heterocycles. The Bertz CT molecular complexity index is 1420. The molecule has 1 N–H and O–H groups in total. The van der Waals surface area contributed by atoms with Crippen molar-refractivity contribution >= 4 is 45.5 Å². The first kappa shape index (κ1) is 25.4. The van der Waals surface area contributed by atoms with Gasteiger partial charge in [-0.2, -0.15) is 5.10 Å². The van der Waals surface area contributed by atoms with E-state index in [1.54, 1.807) is 24.3 Å². The van der Waals surface area contributed by atoms with Gasteiger partial charge in [-0.15, -0.1) is 0 Å². The van der Waals surface area contributed by atoms with Gasteiger partial charge in [-0.1, -0.05) is 36.4 Å². The van der Waals surface area contributed by atoms with Crippen molar-refractivity contribution in [1.82, 2.24) is 5.43 Å². The van der Waals surface area contributed by atoms with E-state index in [-0.39, 0.29) is 18.3 Å². The van der Waals surface area contributed by atoms with Gasteiger partial charge < -0.3 is 14.2 Å². The van der Waals surface area contributed by atoms with Gasteiger partial charge in [-0.25, -0.2) is 9.82 Å². The van der Waals surface area contributed by atoms with E-state index in [0.29, 0.717) is 40.5 Å². The van der Waals surface area contributed by atoms with Crippen molar-refractivity contribution in [3.05, 3.63) is 98.9 Å². The molecule has 0 unspecified atom stereocenters. The number of amides is 1.